The molecule has 2 rings (SSSR count). The number of aromatic nitrogens is 2. The lowest BCUT2D eigenvalue weighted by atomic mass is 10.3. The van der Waals surface area contributed by atoms with Crippen molar-refractivity contribution in [3.8, 4) is 11.6 Å². The number of nitrogens with one attached hydrogen (secondary N) is 1. The SMILES string of the molecule is [O-][N+]([O-])=c1cnn(-c2ccccc2)c(O)c1NO. The molecule has 0 aliphatic carbocycles. The predicted octanol–water partition coefficient (Wildman–Crippen LogP) is 0.147. The fourth-order valence-electron chi connectivity index (χ4n) is 1.46. The first kappa shape index (κ1) is 11.7. The molecule has 0 fully saturated rings. The van der Waals surface area contributed by atoms with Crippen LogP contribution < -0.4 is 15.7 Å². The highest BCUT2D eigenvalue weighted by Crippen LogP contribution is 2.20. The Morgan fingerprint density at radius 3 is 2.44 bits per heavy atom. The molecule has 8 heteroatoms. The van der Waals surface area contributed by atoms with Gasteiger partial charge in [0.1, 0.15) is 6.20 Å². The molecular formula is C10H9N4O4-. The van der Waals surface area contributed by atoms with E-state index in [0.717, 1.165) is 10.9 Å². The van der Waals surface area contributed by atoms with Gasteiger partial charge in [0.25, 0.3) is 5.36 Å². The van der Waals surface area contributed by atoms with Crippen molar-refractivity contribution >= 4 is 5.69 Å². The maximum Gasteiger partial charge on any atom is 0.274 e. The summed E-state index contributed by atoms with van der Waals surface area (Å²) in [5, 5.41) is 43.3. The molecule has 1 heterocycles. The molecular weight excluding hydrogens is 240 g/mol. The van der Waals surface area contributed by atoms with Crippen LogP contribution in [0, 0.1) is 10.4 Å². The van der Waals surface area contributed by atoms with Crippen molar-refractivity contribution in [2.24, 2.45) is 0 Å². The van der Waals surface area contributed by atoms with Gasteiger partial charge in [0, 0.05) is 0 Å². The highest BCUT2D eigenvalue weighted by Gasteiger charge is 2.14. The van der Waals surface area contributed by atoms with Crippen LogP contribution in [0.2, 0.25) is 0 Å². The number of benzene rings is 1. The first-order valence-electron chi connectivity index (χ1n) is 4.89. The van der Waals surface area contributed by atoms with E-state index in [-0.39, 0.29) is 0 Å². The molecule has 0 amide bonds. The van der Waals surface area contributed by atoms with Crippen LogP contribution in [-0.2, 0) is 0 Å². The molecule has 0 aliphatic rings. The minimum Gasteiger partial charge on any atom is -0.612 e. The number of para-hydroxylation sites is 1. The zero-order valence-corrected chi connectivity index (χ0v) is 9.02. The molecule has 0 saturated carbocycles. The van der Waals surface area contributed by atoms with Crippen molar-refractivity contribution in [3.05, 3.63) is 52.3 Å². The van der Waals surface area contributed by atoms with E-state index in [0.29, 0.717) is 5.69 Å². The van der Waals surface area contributed by atoms with Gasteiger partial charge < -0.3 is 15.5 Å². The van der Waals surface area contributed by atoms with E-state index in [1.165, 1.54) is 0 Å². The standard InChI is InChI=1S/C10H9N4O4/c15-10-9(12-16)8(14(17)18)6-11-13(10)7-4-2-1-3-5-7/h1-6,12,16H,(H-,11,15,17,18)/q-1. The van der Waals surface area contributed by atoms with E-state index < -0.39 is 21.8 Å². The first-order chi connectivity index (χ1) is 8.65. The lowest BCUT2D eigenvalue weighted by Gasteiger charge is -2.11. The van der Waals surface area contributed by atoms with Crippen molar-refractivity contribution in [2.45, 2.75) is 0 Å². The molecule has 0 bridgehead atoms. The summed E-state index contributed by atoms with van der Waals surface area (Å²) in [6.45, 7) is 0. The van der Waals surface area contributed by atoms with E-state index >= 15 is 0 Å². The number of nitrogens with zero attached hydrogens (tertiary/aromatic N) is 3. The van der Waals surface area contributed by atoms with Gasteiger partial charge in [-0.3, -0.25) is 10.7 Å². The Balaban J connectivity index is 2.71. The molecule has 0 saturated heterocycles. The van der Waals surface area contributed by atoms with E-state index in [1.807, 2.05) is 0 Å². The third-order valence-electron chi connectivity index (χ3n) is 2.29. The van der Waals surface area contributed by atoms with Crippen LogP contribution in [-0.4, -0.2) is 20.1 Å². The van der Waals surface area contributed by atoms with Crippen LogP contribution in [0.4, 0.5) is 5.69 Å². The summed E-state index contributed by atoms with van der Waals surface area (Å²) in [6, 6.07) is 8.52. The summed E-state index contributed by atoms with van der Waals surface area (Å²) < 4.78 is 1.06. The van der Waals surface area contributed by atoms with Crippen LogP contribution in [0.1, 0.15) is 0 Å². The topological polar surface area (TPSA) is 119 Å². The van der Waals surface area contributed by atoms with Crippen LogP contribution in [0.5, 0.6) is 5.88 Å². The number of hydrogen-bond donors (Lipinski definition) is 3. The second-order valence-corrected chi connectivity index (χ2v) is 3.34. The Labute approximate surface area is 101 Å². The molecule has 1 aromatic carbocycles. The quantitative estimate of drug-likeness (QED) is 0.651. The van der Waals surface area contributed by atoms with Crippen LogP contribution >= 0.6 is 0 Å². The number of aromatic hydroxyl groups is 1. The molecule has 0 aliphatic heterocycles. The van der Waals surface area contributed by atoms with E-state index in [9.17, 15) is 15.5 Å². The average molecular weight is 249 g/mol. The van der Waals surface area contributed by atoms with Crippen molar-refractivity contribution < 1.29 is 10.3 Å². The van der Waals surface area contributed by atoms with Crippen LogP contribution in [0.3, 0.4) is 0 Å². The van der Waals surface area contributed by atoms with E-state index in [4.69, 9.17) is 5.21 Å². The molecule has 2 aromatic rings. The summed E-state index contributed by atoms with van der Waals surface area (Å²) in [5.74, 6) is -0.557. The molecule has 1 aromatic heterocycles. The molecule has 18 heavy (non-hydrogen) atoms. The second-order valence-electron chi connectivity index (χ2n) is 3.34. The molecule has 0 unspecified atom stereocenters. The largest absolute Gasteiger partial charge is 0.612 e. The van der Waals surface area contributed by atoms with Gasteiger partial charge in [-0.1, -0.05) is 18.2 Å². The number of anilines is 1. The minimum absolute atomic E-state index is 0.418. The fourth-order valence-corrected chi connectivity index (χ4v) is 1.46. The van der Waals surface area contributed by atoms with Gasteiger partial charge >= 0.3 is 0 Å². The monoisotopic (exact) mass is 249 g/mol. The molecule has 0 spiro atoms. The zero-order chi connectivity index (χ0) is 13.1. The Morgan fingerprint density at radius 2 is 1.89 bits per heavy atom. The van der Waals surface area contributed by atoms with Gasteiger partial charge in [0.05, 0.1) is 5.69 Å². The summed E-state index contributed by atoms with van der Waals surface area (Å²) in [7, 11) is 0. The highest BCUT2D eigenvalue weighted by molar-refractivity contribution is 5.51. The zero-order valence-electron chi connectivity index (χ0n) is 9.02. The average Bonchev–Trinajstić information content (AvgIpc) is 2.39. The van der Waals surface area contributed by atoms with E-state index in [2.05, 4.69) is 5.10 Å². The maximum absolute atomic E-state index is 10.7. The van der Waals surface area contributed by atoms with Crippen molar-refractivity contribution in [2.75, 3.05) is 5.48 Å². The van der Waals surface area contributed by atoms with Gasteiger partial charge in [-0.25, -0.2) is 0 Å². The lowest BCUT2D eigenvalue weighted by Crippen LogP contribution is -2.25. The van der Waals surface area contributed by atoms with Crippen molar-refractivity contribution in [3.63, 3.8) is 0 Å². The normalized spacial score (nSPS) is 10.1. The van der Waals surface area contributed by atoms with Gasteiger partial charge in [0.2, 0.25) is 5.88 Å². The molecule has 8 nitrogen and oxygen atoms in total. The molecule has 3 N–H and O–H groups in total. The number of hydrogen-bond acceptors (Lipinski definition) is 6. The summed E-state index contributed by atoms with van der Waals surface area (Å²) in [6.07, 6.45) is 0.936. The highest BCUT2D eigenvalue weighted by atomic mass is 16.8. The molecule has 0 radical (unpaired) electrons. The Hall–Kier alpha value is -2.74. The minimum atomic E-state index is -0.763. The maximum atomic E-state index is 10.7. The van der Waals surface area contributed by atoms with Gasteiger partial charge in [-0.05, 0) is 12.1 Å². The third-order valence-corrected chi connectivity index (χ3v) is 2.29. The first-order valence-corrected chi connectivity index (χ1v) is 4.89. The fraction of sp³-hybridized carbons (Fsp3) is 0. The molecule has 0 atom stereocenters. The lowest BCUT2D eigenvalue weighted by molar-refractivity contribution is 0.369. The Morgan fingerprint density at radius 1 is 1.22 bits per heavy atom. The Bertz CT molecular complexity index is 620. The third kappa shape index (κ3) is 1.92. The van der Waals surface area contributed by atoms with Crippen molar-refractivity contribution in [1.29, 1.82) is 0 Å². The second kappa shape index (κ2) is 4.63. The van der Waals surface area contributed by atoms with Gasteiger partial charge in [0.15, 0.2) is 5.69 Å². The van der Waals surface area contributed by atoms with Crippen LogP contribution in [0.25, 0.3) is 5.69 Å². The van der Waals surface area contributed by atoms with Gasteiger partial charge in [-0.2, -0.15) is 14.7 Å². The van der Waals surface area contributed by atoms with Crippen LogP contribution in [0.15, 0.2) is 36.5 Å². The van der Waals surface area contributed by atoms with Gasteiger partial charge in [-0.15, -0.1) is 0 Å². The molecule has 94 valence electrons. The smallest absolute Gasteiger partial charge is 0.274 e. The summed E-state index contributed by atoms with van der Waals surface area (Å²) in [5.41, 5.74) is 1.69. The predicted molar refractivity (Wildman–Crippen MR) is 62.6 cm³/mol. The number of rotatable bonds is 2. The summed E-state index contributed by atoms with van der Waals surface area (Å²) in [4.78, 5) is -0.763. The Kier molecular flexibility index (Phi) is 3.02. The summed E-state index contributed by atoms with van der Waals surface area (Å²) >= 11 is 0. The van der Waals surface area contributed by atoms with Crippen molar-refractivity contribution in [1.82, 2.24) is 14.7 Å². The van der Waals surface area contributed by atoms with E-state index in [1.54, 1.807) is 35.8 Å².